The molecule has 194 valence electrons. The lowest BCUT2D eigenvalue weighted by molar-refractivity contribution is -0.138. The van der Waals surface area contributed by atoms with Crippen molar-refractivity contribution >= 4 is 67.3 Å². The summed E-state index contributed by atoms with van der Waals surface area (Å²) < 4.78 is 50.4. The lowest BCUT2D eigenvalue weighted by atomic mass is 9.89. The Morgan fingerprint density at radius 3 is 2.70 bits per heavy atom. The van der Waals surface area contributed by atoms with Gasteiger partial charge in [0.1, 0.15) is 11.4 Å². The number of benzene rings is 2. The molecule has 0 radical (unpaired) electrons. The molecule has 1 unspecified atom stereocenters. The van der Waals surface area contributed by atoms with Gasteiger partial charge in [-0.3, -0.25) is 14.8 Å². The highest BCUT2D eigenvalue weighted by Crippen LogP contribution is 2.44. The molecule has 0 aliphatic carbocycles. The van der Waals surface area contributed by atoms with E-state index in [1.54, 1.807) is 29.5 Å². The van der Waals surface area contributed by atoms with E-state index in [4.69, 9.17) is 16.3 Å². The number of nitrogens with zero attached hydrogens (tertiary/aromatic N) is 2. The molecule has 0 bridgehead atoms. The summed E-state index contributed by atoms with van der Waals surface area (Å²) in [6, 6.07) is 10.7. The second kappa shape index (κ2) is 9.73. The van der Waals surface area contributed by atoms with E-state index < -0.39 is 22.7 Å². The van der Waals surface area contributed by atoms with Crippen LogP contribution in [0.3, 0.4) is 0 Å². The maximum absolute atomic E-state index is 12.8. The third-order valence-corrected chi connectivity index (χ3v) is 9.35. The minimum Gasteiger partial charge on any atom is -0.487 e. The first-order chi connectivity index (χ1) is 17.4. The summed E-state index contributed by atoms with van der Waals surface area (Å²) >= 11 is 9.64. The van der Waals surface area contributed by atoms with E-state index in [0.29, 0.717) is 17.2 Å². The highest BCUT2D eigenvalue weighted by molar-refractivity contribution is 7.99. The van der Waals surface area contributed by atoms with Crippen molar-refractivity contribution in [2.45, 2.75) is 49.2 Å². The Morgan fingerprint density at radius 1 is 1.19 bits per heavy atom. The van der Waals surface area contributed by atoms with Crippen LogP contribution in [-0.2, 0) is 6.18 Å². The van der Waals surface area contributed by atoms with Gasteiger partial charge in [-0.2, -0.15) is 13.2 Å². The number of thiophene rings is 1. The van der Waals surface area contributed by atoms with E-state index >= 15 is 0 Å². The molecular formula is C24H20ClF3N4O2S3. The molecule has 5 rings (SSSR count). The number of carbonyl (C=O) groups is 1. The molecule has 13 heteroatoms. The number of nitrogens with one attached hydrogen (secondary N) is 2. The number of aryl methyl sites for hydroxylation is 1. The van der Waals surface area contributed by atoms with E-state index in [9.17, 15) is 18.0 Å². The first-order valence-electron chi connectivity index (χ1n) is 11.1. The monoisotopic (exact) mass is 584 g/mol. The Balaban J connectivity index is 1.38. The summed E-state index contributed by atoms with van der Waals surface area (Å²) in [5, 5.41) is 9.39. The Hall–Kier alpha value is -2.38. The van der Waals surface area contributed by atoms with Crippen LogP contribution in [0.15, 0.2) is 40.6 Å². The predicted octanol–water partition coefficient (Wildman–Crippen LogP) is 7.88. The van der Waals surface area contributed by atoms with Crippen LogP contribution in [-0.4, -0.2) is 21.7 Å². The van der Waals surface area contributed by atoms with Crippen molar-refractivity contribution in [3.8, 4) is 5.75 Å². The van der Waals surface area contributed by atoms with Crippen LogP contribution in [0.4, 0.5) is 18.3 Å². The average molecular weight is 585 g/mol. The highest BCUT2D eigenvalue weighted by Gasteiger charge is 2.36. The molecule has 3 heterocycles. The number of anilines is 1. The van der Waals surface area contributed by atoms with Crippen LogP contribution in [0.5, 0.6) is 5.75 Å². The Bertz CT molecular complexity index is 1500. The van der Waals surface area contributed by atoms with Crippen molar-refractivity contribution in [1.29, 1.82) is 0 Å². The van der Waals surface area contributed by atoms with Crippen molar-refractivity contribution in [2.24, 2.45) is 0 Å². The molecule has 0 saturated carbocycles. The molecule has 0 spiro atoms. The number of fused-ring (bicyclic) bond motifs is 2. The van der Waals surface area contributed by atoms with Gasteiger partial charge in [0.15, 0.2) is 0 Å². The van der Waals surface area contributed by atoms with Crippen LogP contribution in [0.25, 0.3) is 10.1 Å². The molecule has 2 N–H and O–H groups in total. The van der Waals surface area contributed by atoms with Gasteiger partial charge in [0.2, 0.25) is 10.1 Å². The molecule has 37 heavy (non-hydrogen) atoms. The summed E-state index contributed by atoms with van der Waals surface area (Å²) in [4.78, 5) is 12.8. The maximum Gasteiger partial charge on any atom is 0.445 e. The zero-order valence-corrected chi connectivity index (χ0v) is 22.9. The SMILES string of the molecule is Cc1c(SNC2CC(C)(C)Oc3ccc(C(=O)Nc4nnc(C(F)(F)F)s4)cc32)sc2ccc(Cl)cc12. The molecule has 1 aliphatic heterocycles. The van der Waals surface area contributed by atoms with Crippen molar-refractivity contribution in [1.82, 2.24) is 14.9 Å². The zero-order valence-electron chi connectivity index (χ0n) is 19.7. The van der Waals surface area contributed by atoms with Crippen LogP contribution in [0.2, 0.25) is 5.02 Å². The second-order valence-electron chi connectivity index (χ2n) is 9.11. The number of ether oxygens (including phenoxy) is 1. The third kappa shape index (κ3) is 5.58. The molecule has 4 aromatic rings. The third-order valence-electron chi connectivity index (χ3n) is 5.77. The zero-order chi connectivity index (χ0) is 26.5. The Kier molecular flexibility index (Phi) is 6.90. The van der Waals surface area contributed by atoms with Gasteiger partial charge in [0.05, 0.1) is 4.21 Å². The number of amides is 1. The van der Waals surface area contributed by atoms with E-state index in [1.807, 2.05) is 32.0 Å². The number of carbonyl (C=O) groups excluding carboxylic acids is 1. The standard InChI is InChI=1S/C24H20ClF3N4O2S3/c1-11-14-9-13(25)5-7-18(14)35-20(11)37-32-16-10-23(2,3)34-17-6-4-12(8-15(16)17)19(33)29-22-31-30-21(36-22)24(26,27)28/h4-9,16,32H,10H2,1-3H3,(H,29,31,33). The summed E-state index contributed by atoms with van der Waals surface area (Å²) in [6.07, 6.45) is -3.98. The summed E-state index contributed by atoms with van der Waals surface area (Å²) in [5.41, 5.74) is 1.75. The number of hydrogen-bond acceptors (Lipinski definition) is 8. The van der Waals surface area contributed by atoms with Crippen LogP contribution >= 0.6 is 46.2 Å². The van der Waals surface area contributed by atoms with Gasteiger partial charge >= 0.3 is 6.18 Å². The molecule has 1 aliphatic rings. The fourth-order valence-electron chi connectivity index (χ4n) is 4.05. The molecule has 1 amide bonds. The molecule has 2 aromatic carbocycles. The number of hydrogen-bond donors (Lipinski definition) is 2. The first-order valence-corrected chi connectivity index (χ1v) is 13.9. The lowest BCUT2D eigenvalue weighted by Gasteiger charge is -2.38. The summed E-state index contributed by atoms with van der Waals surface area (Å²) in [5.74, 6) is 0.0576. The maximum atomic E-state index is 12.8. The van der Waals surface area contributed by atoms with Crippen molar-refractivity contribution in [3.63, 3.8) is 0 Å². The molecule has 0 fully saturated rings. The van der Waals surface area contributed by atoms with Crippen LogP contribution in [0, 0.1) is 6.92 Å². The minimum absolute atomic E-state index is 0.150. The van der Waals surface area contributed by atoms with E-state index in [2.05, 4.69) is 27.2 Å². The molecular weight excluding hydrogens is 565 g/mol. The van der Waals surface area contributed by atoms with Crippen LogP contribution < -0.4 is 14.8 Å². The largest absolute Gasteiger partial charge is 0.487 e. The normalized spacial score (nSPS) is 16.9. The van der Waals surface area contributed by atoms with Gasteiger partial charge < -0.3 is 4.74 Å². The van der Waals surface area contributed by atoms with Gasteiger partial charge in [0.25, 0.3) is 5.91 Å². The van der Waals surface area contributed by atoms with Crippen molar-refractivity contribution in [2.75, 3.05) is 5.32 Å². The topological polar surface area (TPSA) is 76.1 Å². The van der Waals surface area contributed by atoms with E-state index in [1.165, 1.54) is 11.9 Å². The fraction of sp³-hybridized carbons (Fsp3) is 0.292. The molecule has 0 saturated heterocycles. The smallest absolute Gasteiger partial charge is 0.445 e. The number of aromatic nitrogens is 2. The fourth-order valence-corrected chi connectivity index (χ4v) is 7.05. The number of alkyl halides is 3. The van der Waals surface area contributed by atoms with Gasteiger partial charge in [0, 0.05) is 33.3 Å². The Labute approximate surface area is 227 Å². The van der Waals surface area contributed by atoms with E-state index in [-0.39, 0.29) is 28.1 Å². The summed E-state index contributed by atoms with van der Waals surface area (Å²) in [6.45, 7) is 6.05. The van der Waals surface area contributed by atoms with Gasteiger partial charge in [-0.05, 0) is 80.1 Å². The Morgan fingerprint density at radius 2 is 1.97 bits per heavy atom. The second-order valence-corrected chi connectivity index (χ2v) is 12.7. The quantitative estimate of drug-likeness (QED) is 0.232. The van der Waals surface area contributed by atoms with E-state index in [0.717, 1.165) is 25.4 Å². The molecule has 2 aromatic heterocycles. The molecule has 6 nitrogen and oxygen atoms in total. The predicted molar refractivity (Wildman–Crippen MR) is 142 cm³/mol. The number of rotatable bonds is 5. The lowest BCUT2D eigenvalue weighted by Crippen LogP contribution is -2.38. The minimum atomic E-state index is -4.62. The van der Waals surface area contributed by atoms with Gasteiger partial charge in [-0.25, -0.2) is 0 Å². The van der Waals surface area contributed by atoms with Gasteiger partial charge in [-0.15, -0.1) is 21.5 Å². The molecule has 1 atom stereocenters. The highest BCUT2D eigenvalue weighted by atomic mass is 35.5. The number of halogens is 4. The summed E-state index contributed by atoms with van der Waals surface area (Å²) in [7, 11) is 0. The van der Waals surface area contributed by atoms with Gasteiger partial charge in [-0.1, -0.05) is 22.9 Å². The van der Waals surface area contributed by atoms with Crippen molar-refractivity contribution in [3.05, 3.63) is 63.1 Å². The van der Waals surface area contributed by atoms with Crippen LogP contribution in [0.1, 0.15) is 52.8 Å². The first kappa shape index (κ1) is 26.2. The average Bonchev–Trinajstić information content (AvgIpc) is 3.41. The van der Waals surface area contributed by atoms with Crippen molar-refractivity contribution < 1.29 is 22.7 Å².